The molecule has 0 aromatic carbocycles. The lowest BCUT2D eigenvalue weighted by molar-refractivity contribution is -0.148. The number of hydrogen-bond acceptors (Lipinski definition) is 4. The van der Waals surface area contributed by atoms with Gasteiger partial charge in [-0.25, -0.2) is 0 Å². The SMILES string of the molecule is CCCCCOCCOC(=O)CC(=O)C(C)C. The van der Waals surface area contributed by atoms with Crippen molar-refractivity contribution in [3.63, 3.8) is 0 Å². The molecule has 0 amide bonds. The minimum Gasteiger partial charge on any atom is -0.463 e. The van der Waals surface area contributed by atoms with Crippen LogP contribution < -0.4 is 0 Å². The molecule has 0 bridgehead atoms. The highest BCUT2D eigenvalue weighted by Gasteiger charge is 2.13. The summed E-state index contributed by atoms with van der Waals surface area (Å²) in [4.78, 5) is 22.4. The van der Waals surface area contributed by atoms with E-state index in [9.17, 15) is 9.59 Å². The van der Waals surface area contributed by atoms with E-state index >= 15 is 0 Å². The number of esters is 1. The minimum absolute atomic E-state index is 0.0844. The summed E-state index contributed by atoms with van der Waals surface area (Å²) in [5.74, 6) is -0.660. The van der Waals surface area contributed by atoms with Crippen LogP contribution >= 0.6 is 0 Å². The third kappa shape index (κ3) is 10.00. The van der Waals surface area contributed by atoms with Crippen LogP contribution in [0.1, 0.15) is 46.5 Å². The number of ketones is 1. The van der Waals surface area contributed by atoms with Crippen LogP contribution in [0.25, 0.3) is 0 Å². The zero-order valence-electron chi connectivity index (χ0n) is 11.2. The van der Waals surface area contributed by atoms with E-state index in [1.165, 1.54) is 0 Å². The van der Waals surface area contributed by atoms with E-state index in [1.807, 2.05) is 0 Å². The number of rotatable bonds is 10. The quantitative estimate of drug-likeness (QED) is 0.336. The number of unbranched alkanes of at least 4 members (excludes halogenated alkanes) is 2. The highest BCUT2D eigenvalue weighted by Crippen LogP contribution is 2.00. The molecule has 0 saturated carbocycles. The van der Waals surface area contributed by atoms with Crippen molar-refractivity contribution in [3.8, 4) is 0 Å². The smallest absolute Gasteiger partial charge is 0.313 e. The van der Waals surface area contributed by atoms with Gasteiger partial charge in [-0.15, -0.1) is 0 Å². The van der Waals surface area contributed by atoms with Crippen molar-refractivity contribution >= 4 is 11.8 Å². The second-order valence-electron chi connectivity index (χ2n) is 4.34. The molecule has 0 saturated heterocycles. The lowest BCUT2D eigenvalue weighted by atomic mass is 10.1. The third-order valence-electron chi connectivity index (χ3n) is 2.35. The maximum absolute atomic E-state index is 11.2. The third-order valence-corrected chi connectivity index (χ3v) is 2.35. The monoisotopic (exact) mass is 244 g/mol. The lowest BCUT2D eigenvalue weighted by Crippen LogP contribution is -2.17. The number of ether oxygens (including phenoxy) is 2. The highest BCUT2D eigenvalue weighted by atomic mass is 16.6. The zero-order chi connectivity index (χ0) is 13.1. The summed E-state index contributed by atoms with van der Waals surface area (Å²) in [5, 5.41) is 0. The van der Waals surface area contributed by atoms with Crippen molar-refractivity contribution < 1.29 is 19.1 Å². The van der Waals surface area contributed by atoms with Gasteiger partial charge in [0.25, 0.3) is 0 Å². The van der Waals surface area contributed by atoms with Crippen molar-refractivity contribution in [2.75, 3.05) is 19.8 Å². The average Bonchev–Trinajstić information content (AvgIpc) is 2.27. The molecule has 0 aliphatic carbocycles. The van der Waals surface area contributed by atoms with Crippen LogP contribution in [0.15, 0.2) is 0 Å². The van der Waals surface area contributed by atoms with Crippen LogP contribution in [0.2, 0.25) is 0 Å². The van der Waals surface area contributed by atoms with Crippen molar-refractivity contribution in [2.24, 2.45) is 5.92 Å². The maximum Gasteiger partial charge on any atom is 0.313 e. The van der Waals surface area contributed by atoms with E-state index < -0.39 is 5.97 Å². The van der Waals surface area contributed by atoms with E-state index in [4.69, 9.17) is 9.47 Å². The molecule has 0 heterocycles. The summed E-state index contributed by atoms with van der Waals surface area (Å²) in [5.41, 5.74) is 0. The van der Waals surface area contributed by atoms with Crippen molar-refractivity contribution in [1.29, 1.82) is 0 Å². The van der Waals surface area contributed by atoms with Crippen LogP contribution in [-0.4, -0.2) is 31.6 Å². The molecule has 4 nitrogen and oxygen atoms in total. The molecule has 0 aromatic rings. The van der Waals surface area contributed by atoms with Gasteiger partial charge in [0.1, 0.15) is 18.8 Å². The molecule has 0 radical (unpaired) electrons. The van der Waals surface area contributed by atoms with E-state index in [-0.39, 0.29) is 24.7 Å². The summed E-state index contributed by atoms with van der Waals surface area (Å²) in [7, 11) is 0. The van der Waals surface area contributed by atoms with Gasteiger partial charge in [0.05, 0.1) is 6.61 Å². The molecular weight excluding hydrogens is 220 g/mol. The normalized spacial score (nSPS) is 10.6. The van der Waals surface area contributed by atoms with Crippen LogP contribution in [0, 0.1) is 5.92 Å². The molecule has 0 unspecified atom stereocenters. The lowest BCUT2D eigenvalue weighted by Gasteiger charge is -2.06. The Morgan fingerprint density at radius 1 is 1.06 bits per heavy atom. The van der Waals surface area contributed by atoms with Gasteiger partial charge in [-0.3, -0.25) is 9.59 Å². The first-order chi connectivity index (χ1) is 8.07. The average molecular weight is 244 g/mol. The molecule has 0 fully saturated rings. The van der Waals surface area contributed by atoms with Gasteiger partial charge in [-0.1, -0.05) is 33.6 Å². The number of Topliss-reactive ketones (excluding diaryl/α,β-unsaturated/α-hetero) is 1. The molecule has 0 aliphatic heterocycles. The van der Waals surface area contributed by atoms with E-state index in [0.29, 0.717) is 13.2 Å². The number of carbonyl (C=O) groups excluding carboxylic acids is 2. The molecule has 0 aromatic heterocycles. The molecule has 0 rings (SSSR count). The Bertz CT molecular complexity index is 223. The second kappa shape index (κ2) is 10.3. The maximum atomic E-state index is 11.2. The van der Waals surface area contributed by atoms with Crippen LogP contribution in [0.5, 0.6) is 0 Å². The molecular formula is C13H24O4. The van der Waals surface area contributed by atoms with Gasteiger partial charge in [-0.2, -0.15) is 0 Å². The summed E-state index contributed by atoms with van der Waals surface area (Å²) in [6.45, 7) is 7.02. The molecule has 4 heteroatoms. The van der Waals surface area contributed by atoms with Crippen LogP contribution in [0.4, 0.5) is 0 Å². The van der Waals surface area contributed by atoms with Crippen LogP contribution in [-0.2, 0) is 19.1 Å². The predicted octanol–water partition coefficient (Wildman–Crippen LogP) is 2.35. The molecule has 0 spiro atoms. The topological polar surface area (TPSA) is 52.6 Å². The molecule has 0 atom stereocenters. The summed E-state index contributed by atoms with van der Waals surface area (Å²) in [6, 6.07) is 0. The number of hydrogen-bond donors (Lipinski definition) is 0. The van der Waals surface area contributed by atoms with Crippen molar-refractivity contribution in [3.05, 3.63) is 0 Å². The molecule has 0 aliphatic rings. The van der Waals surface area contributed by atoms with Gasteiger partial charge >= 0.3 is 5.97 Å². The Morgan fingerprint density at radius 2 is 1.76 bits per heavy atom. The first-order valence-corrected chi connectivity index (χ1v) is 6.34. The Kier molecular flexibility index (Phi) is 9.72. The fraction of sp³-hybridized carbons (Fsp3) is 0.846. The van der Waals surface area contributed by atoms with E-state index in [1.54, 1.807) is 13.8 Å². The summed E-state index contributed by atoms with van der Waals surface area (Å²) in [6.07, 6.45) is 3.22. The molecule has 0 N–H and O–H groups in total. The second-order valence-corrected chi connectivity index (χ2v) is 4.34. The van der Waals surface area contributed by atoms with Crippen LogP contribution in [0.3, 0.4) is 0 Å². The Hall–Kier alpha value is -0.900. The molecule has 100 valence electrons. The largest absolute Gasteiger partial charge is 0.463 e. The fourth-order valence-corrected chi connectivity index (χ4v) is 1.17. The molecule has 17 heavy (non-hydrogen) atoms. The highest BCUT2D eigenvalue weighted by molar-refractivity contribution is 5.96. The Labute approximate surface area is 104 Å². The Balaban J connectivity index is 3.36. The number of carbonyl (C=O) groups is 2. The minimum atomic E-state index is -0.458. The van der Waals surface area contributed by atoms with Gasteiger partial charge in [0, 0.05) is 12.5 Å². The predicted molar refractivity (Wildman–Crippen MR) is 65.8 cm³/mol. The zero-order valence-corrected chi connectivity index (χ0v) is 11.2. The van der Waals surface area contributed by atoms with Gasteiger partial charge in [-0.05, 0) is 6.42 Å². The van der Waals surface area contributed by atoms with E-state index in [2.05, 4.69) is 6.92 Å². The van der Waals surface area contributed by atoms with Gasteiger partial charge in [0.2, 0.25) is 0 Å². The first kappa shape index (κ1) is 16.1. The fourth-order valence-electron chi connectivity index (χ4n) is 1.17. The summed E-state index contributed by atoms with van der Waals surface area (Å²) < 4.78 is 10.2. The Morgan fingerprint density at radius 3 is 2.35 bits per heavy atom. The van der Waals surface area contributed by atoms with E-state index in [0.717, 1.165) is 19.3 Å². The standard InChI is InChI=1S/C13H24O4/c1-4-5-6-7-16-8-9-17-13(15)10-12(14)11(2)3/h11H,4-10H2,1-3H3. The van der Waals surface area contributed by atoms with Gasteiger partial charge < -0.3 is 9.47 Å². The van der Waals surface area contributed by atoms with Crippen molar-refractivity contribution in [2.45, 2.75) is 46.5 Å². The van der Waals surface area contributed by atoms with Gasteiger partial charge in [0.15, 0.2) is 0 Å². The van der Waals surface area contributed by atoms with Crippen molar-refractivity contribution in [1.82, 2.24) is 0 Å². The summed E-state index contributed by atoms with van der Waals surface area (Å²) >= 11 is 0. The first-order valence-electron chi connectivity index (χ1n) is 6.34.